The van der Waals surface area contributed by atoms with Gasteiger partial charge in [0.05, 0.1) is 5.56 Å². The molecule has 2 fully saturated rings. The van der Waals surface area contributed by atoms with E-state index in [1.54, 1.807) is 0 Å². The lowest BCUT2D eigenvalue weighted by molar-refractivity contribution is 0.0920. The summed E-state index contributed by atoms with van der Waals surface area (Å²) >= 11 is 0. The van der Waals surface area contributed by atoms with Gasteiger partial charge in [-0.3, -0.25) is 4.79 Å². The fourth-order valence-electron chi connectivity index (χ4n) is 4.41. The minimum Gasteiger partial charge on any atom is -0.473 e. The van der Waals surface area contributed by atoms with Crippen LogP contribution in [0.3, 0.4) is 0 Å². The molecule has 1 aromatic carbocycles. The van der Waals surface area contributed by atoms with Crippen LogP contribution < -0.4 is 15.4 Å². The fourth-order valence-corrected chi connectivity index (χ4v) is 5.23. The van der Waals surface area contributed by atoms with Crippen molar-refractivity contribution in [1.29, 1.82) is 0 Å². The molecule has 2 heterocycles. The number of carbonyl (C=O) groups excluding carboxylic acids is 1. The molecule has 1 aliphatic carbocycles. The van der Waals surface area contributed by atoms with Gasteiger partial charge in [-0.25, -0.2) is 8.42 Å². The van der Waals surface area contributed by atoms with Crippen molar-refractivity contribution in [2.24, 2.45) is 0 Å². The van der Waals surface area contributed by atoms with Crippen LogP contribution in [0.25, 0.3) is 0 Å². The number of fused-ring (bicyclic) bond motifs is 1. The number of hydrogen-bond acceptors (Lipinski definition) is 5. The van der Waals surface area contributed by atoms with E-state index in [2.05, 4.69) is 23.6 Å². The molecular weight excluding hydrogens is 376 g/mol. The monoisotopic (exact) mass is 406 g/mol. The highest BCUT2D eigenvalue weighted by Crippen LogP contribution is 2.44. The zero-order valence-electron chi connectivity index (χ0n) is 16.7. The van der Waals surface area contributed by atoms with E-state index in [-0.39, 0.29) is 11.9 Å². The highest BCUT2D eigenvalue weighted by atomic mass is 32.2. The van der Waals surface area contributed by atoms with Crippen molar-refractivity contribution >= 4 is 15.7 Å². The first-order valence-corrected chi connectivity index (χ1v) is 12.4. The molecule has 2 aliphatic heterocycles. The van der Waals surface area contributed by atoms with E-state index in [9.17, 15) is 13.2 Å². The average molecular weight is 407 g/mol. The van der Waals surface area contributed by atoms with E-state index in [4.69, 9.17) is 4.74 Å². The van der Waals surface area contributed by atoms with Gasteiger partial charge in [0, 0.05) is 24.8 Å². The van der Waals surface area contributed by atoms with Crippen LogP contribution in [0.5, 0.6) is 5.75 Å². The van der Waals surface area contributed by atoms with Crippen LogP contribution in [0.2, 0.25) is 0 Å². The number of ether oxygens (including phenoxy) is 1. The van der Waals surface area contributed by atoms with Gasteiger partial charge in [-0.05, 0) is 68.2 Å². The number of aryl methyl sites for hydroxylation is 1. The van der Waals surface area contributed by atoms with Gasteiger partial charge < -0.3 is 15.4 Å². The summed E-state index contributed by atoms with van der Waals surface area (Å²) in [5.74, 6) is 0.814. The predicted molar refractivity (Wildman–Crippen MR) is 109 cm³/mol. The van der Waals surface area contributed by atoms with E-state index in [0.29, 0.717) is 36.1 Å². The van der Waals surface area contributed by atoms with Crippen LogP contribution in [0, 0.1) is 0 Å². The maximum Gasteiger partial charge on any atom is 0.255 e. The quantitative estimate of drug-likeness (QED) is 0.758. The molecule has 7 heteroatoms. The number of carbonyl (C=O) groups is 1. The summed E-state index contributed by atoms with van der Waals surface area (Å²) in [5.41, 5.74) is 1.75. The summed E-state index contributed by atoms with van der Waals surface area (Å²) in [7, 11) is -3.33. The summed E-state index contributed by atoms with van der Waals surface area (Å²) in [5, 5.41) is 6.65. The first-order chi connectivity index (χ1) is 13.4. The van der Waals surface area contributed by atoms with Crippen LogP contribution in [0.15, 0.2) is 12.1 Å². The second-order valence-electron chi connectivity index (χ2n) is 8.44. The lowest BCUT2D eigenvalue weighted by Crippen LogP contribution is -2.47. The molecular formula is C21H30N2O4S. The Morgan fingerprint density at radius 2 is 2.07 bits per heavy atom. The molecule has 28 heavy (non-hydrogen) atoms. The SMILES string of the molecule is CCC(NC(=O)c1cc(C2CC2)cc2c1OC(S(C)(=O)=O)CC2)C1CCCN1. The molecule has 1 amide bonds. The Morgan fingerprint density at radius 3 is 2.68 bits per heavy atom. The number of sulfone groups is 1. The third-order valence-corrected chi connectivity index (χ3v) is 7.49. The molecule has 0 spiro atoms. The molecule has 3 unspecified atom stereocenters. The van der Waals surface area contributed by atoms with E-state index in [0.717, 1.165) is 44.2 Å². The molecule has 1 saturated carbocycles. The number of benzene rings is 1. The van der Waals surface area contributed by atoms with E-state index >= 15 is 0 Å². The molecule has 154 valence electrons. The van der Waals surface area contributed by atoms with Gasteiger partial charge in [-0.1, -0.05) is 13.0 Å². The summed E-state index contributed by atoms with van der Waals surface area (Å²) in [6.07, 6.45) is 7.58. The Labute approximate surface area is 167 Å². The second kappa shape index (κ2) is 7.67. The summed E-state index contributed by atoms with van der Waals surface area (Å²) in [6, 6.07) is 4.38. The molecule has 0 radical (unpaired) electrons. The van der Waals surface area contributed by atoms with E-state index in [1.807, 2.05) is 6.07 Å². The van der Waals surface area contributed by atoms with Crippen molar-refractivity contribution in [1.82, 2.24) is 10.6 Å². The van der Waals surface area contributed by atoms with Gasteiger partial charge in [0.1, 0.15) is 5.75 Å². The third kappa shape index (κ3) is 4.06. The smallest absolute Gasteiger partial charge is 0.255 e. The molecule has 0 bridgehead atoms. The molecule has 1 aromatic rings. The maximum absolute atomic E-state index is 13.2. The lowest BCUT2D eigenvalue weighted by atomic mass is 9.95. The van der Waals surface area contributed by atoms with Crippen molar-refractivity contribution in [2.45, 2.75) is 75.3 Å². The molecule has 3 atom stereocenters. The normalized spacial score (nSPS) is 25.6. The van der Waals surface area contributed by atoms with Crippen LogP contribution in [0.4, 0.5) is 0 Å². The van der Waals surface area contributed by atoms with Gasteiger partial charge >= 0.3 is 0 Å². The van der Waals surface area contributed by atoms with Crippen molar-refractivity contribution in [2.75, 3.05) is 12.8 Å². The van der Waals surface area contributed by atoms with Crippen molar-refractivity contribution in [3.05, 3.63) is 28.8 Å². The Bertz CT molecular complexity index is 857. The minimum atomic E-state index is -3.33. The minimum absolute atomic E-state index is 0.0597. The van der Waals surface area contributed by atoms with E-state index in [1.165, 1.54) is 11.8 Å². The molecule has 3 aliphatic rings. The van der Waals surface area contributed by atoms with Gasteiger partial charge in [-0.15, -0.1) is 0 Å². The van der Waals surface area contributed by atoms with Gasteiger partial charge in [0.2, 0.25) is 0 Å². The van der Waals surface area contributed by atoms with Crippen LogP contribution >= 0.6 is 0 Å². The van der Waals surface area contributed by atoms with Crippen LogP contribution in [0.1, 0.15) is 72.9 Å². The zero-order chi connectivity index (χ0) is 19.9. The zero-order valence-corrected chi connectivity index (χ0v) is 17.5. The maximum atomic E-state index is 13.2. The van der Waals surface area contributed by atoms with Crippen molar-refractivity contribution in [3.8, 4) is 5.75 Å². The number of hydrogen-bond donors (Lipinski definition) is 2. The molecule has 0 aromatic heterocycles. The van der Waals surface area contributed by atoms with Crippen molar-refractivity contribution < 1.29 is 17.9 Å². The first kappa shape index (κ1) is 19.7. The van der Waals surface area contributed by atoms with Crippen LogP contribution in [-0.4, -0.2) is 44.6 Å². The number of rotatable bonds is 6. The topological polar surface area (TPSA) is 84.5 Å². The third-order valence-electron chi connectivity index (χ3n) is 6.20. The first-order valence-electron chi connectivity index (χ1n) is 10.4. The molecule has 1 saturated heterocycles. The lowest BCUT2D eigenvalue weighted by Gasteiger charge is -2.29. The highest BCUT2D eigenvalue weighted by Gasteiger charge is 2.34. The summed E-state index contributed by atoms with van der Waals surface area (Å²) < 4.78 is 29.9. The molecule has 2 N–H and O–H groups in total. The Kier molecular flexibility index (Phi) is 5.40. The Balaban J connectivity index is 1.64. The summed E-state index contributed by atoms with van der Waals surface area (Å²) in [4.78, 5) is 13.2. The largest absolute Gasteiger partial charge is 0.473 e. The standard InChI is InChI=1S/C21H30N2O4S/c1-3-17(18-5-4-10-22-18)23-21(24)16-12-15(13-6-7-13)11-14-8-9-19(27-20(14)16)28(2,25)26/h11-13,17-19,22H,3-10H2,1-2H3,(H,23,24). The number of amides is 1. The molecule has 4 rings (SSSR count). The van der Waals surface area contributed by atoms with Gasteiger partial charge in [0.15, 0.2) is 15.3 Å². The van der Waals surface area contributed by atoms with Crippen LogP contribution in [-0.2, 0) is 16.3 Å². The fraction of sp³-hybridized carbons (Fsp3) is 0.667. The van der Waals surface area contributed by atoms with E-state index < -0.39 is 15.3 Å². The average Bonchev–Trinajstić information content (AvgIpc) is 3.38. The second-order valence-corrected chi connectivity index (χ2v) is 10.6. The van der Waals surface area contributed by atoms with Gasteiger partial charge in [-0.2, -0.15) is 0 Å². The Morgan fingerprint density at radius 1 is 1.29 bits per heavy atom. The highest BCUT2D eigenvalue weighted by molar-refractivity contribution is 7.91. The van der Waals surface area contributed by atoms with Gasteiger partial charge in [0.25, 0.3) is 5.91 Å². The number of nitrogens with one attached hydrogen (secondary N) is 2. The van der Waals surface area contributed by atoms with Crippen molar-refractivity contribution in [3.63, 3.8) is 0 Å². The molecule has 6 nitrogen and oxygen atoms in total. The summed E-state index contributed by atoms with van der Waals surface area (Å²) in [6.45, 7) is 3.07. The Hall–Kier alpha value is -1.60. The predicted octanol–water partition coefficient (Wildman–Crippen LogP) is 2.52.